The summed E-state index contributed by atoms with van der Waals surface area (Å²) in [5.74, 6) is 0. The molecule has 2 atom stereocenters. The number of hydrogen-bond donors (Lipinski definition) is 1. The van der Waals surface area contributed by atoms with Gasteiger partial charge in [-0.3, -0.25) is 0 Å². The molecule has 0 bridgehead atoms. The smallest absolute Gasteiger partial charge is 0.315 e. The summed E-state index contributed by atoms with van der Waals surface area (Å²) in [7, 11) is 0. The Morgan fingerprint density at radius 1 is 1.38 bits per heavy atom. The number of ether oxygens (including phenoxy) is 1. The molecule has 2 N–H and O–H groups in total. The minimum atomic E-state index is -0.291. The van der Waals surface area contributed by atoms with Crippen LogP contribution in [-0.4, -0.2) is 36.2 Å². The number of amides is 2. The molecule has 1 aliphatic carbocycles. The zero-order valence-electron chi connectivity index (χ0n) is 7.74. The van der Waals surface area contributed by atoms with E-state index in [4.69, 9.17) is 10.5 Å². The van der Waals surface area contributed by atoms with Crippen LogP contribution in [0.25, 0.3) is 0 Å². The second-order valence-electron chi connectivity index (χ2n) is 3.79. The Morgan fingerprint density at radius 2 is 2.15 bits per heavy atom. The van der Waals surface area contributed by atoms with Crippen molar-refractivity contribution in [1.29, 1.82) is 0 Å². The second kappa shape index (κ2) is 3.54. The van der Waals surface area contributed by atoms with Gasteiger partial charge < -0.3 is 15.4 Å². The molecule has 2 amide bonds. The molecule has 4 nitrogen and oxygen atoms in total. The number of morpholine rings is 1. The van der Waals surface area contributed by atoms with Crippen LogP contribution in [0.1, 0.15) is 25.7 Å². The molecule has 2 aliphatic rings. The lowest BCUT2D eigenvalue weighted by Gasteiger charge is -2.42. The number of carbonyl (C=O) groups excluding carboxylic acids is 1. The minimum Gasteiger partial charge on any atom is -0.374 e. The fourth-order valence-corrected chi connectivity index (χ4v) is 2.37. The van der Waals surface area contributed by atoms with E-state index < -0.39 is 0 Å². The van der Waals surface area contributed by atoms with Gasteiger partial charge in [0, 0.05) is 6.54 Å². The minimum absolute atomic E-state index is 0.245. The predicted molar refractivity (Wildman–Crippen MR) is 48.3 cm³/mol. The molecule has 1 saturated carbocycles. The van der Waals surface area contributed by atoms with E-state index in [2.05, 4.69) is 0 Å². The molecular weight excluding hydrogens is 168 g/mol. The third-order valence-corrected chi connectivity index (χ3v) is 3.02. The molecule has 1 aliphatic heterocycles. The van der Waals surface area contributed by atoms with Crippen molar-refractivity contribution < 1.29 is 9.53 Å². The predicted octanol–water partition coefficient (Wildman–Crippen LogP) is 0.708. The van der Waals surface area contributed by atoms with Gasteiger partial charge in [-0.25, -0.2) is 4.79 Å². The third kappa shape index (κ3) is 1.63. The van der Waals surface area contributed by atoms with Crippen LogP contribution >= 0.6 is 0 Å². The Labute approximate surface area is 78.0 Å². The van der Waals surface area contributed by atoms with Crippen LogP contribution in [0, 0.1) is 0 Å². The van der Waals surface area contributed by atoms with E-state index in [0.717, 1.165) is 12.8 Å². The van der Waals surface area contributed by atoms with Crippen molar-refractivity contribution in [3.8, 4) is 0 Å². The molecule has 0 aromatic heterocycles. The van der Waals surface area contributed by atoms with E-state index >= 15 is 0 Å². The summed E-state index contributed by atoms with van der Waals surface area (Å²) in [5.41, 5.74) is 5.31. The third-order valence-electron chi connectivity index (χ3n) is 3.02. The average molecular weight is 184 g/mol. The zero-order valence-corrected chi connectivity index (χ0v) is 7.74. The van der Waals surface area contributed by atoms with Gasteiger partial charge >= 0.3 is 6.03 Å². The van der Waals surface area contributed by atoms with Gasteiger partial charge in [-0.05, 0) is 12.8 Å². The largest absolute Gasteiger partial charge is 0.374 e. The number of hydrogen-bond acceptors (Lipinski definition) is 2. The maximum Gasteiger partial charge on any atom is 0.315 e. The van der Waals surface area contributed by atoms with Crippen molar-refractivity contribution in [2.75, 3.05) is 13.2 Å². The van der Waals surface area contributed by atoms with Crippen LogP contribution in [0.15, 0.2) is 0 Å². The van der Waals surface area contributed by atoms with Gasteiger partial charge in [0.15, 0.2) is 0 Å². The van der Waals surface area contributed by atoms with E-state index in [9.17, 15) is 4.79 Å². The number of fused-ring (bicyclic) bond motifs is 1. The molecule has 4 heteroatoms. The molecule has 0 aromatic rings. The van der Waals surface area contributed by atoms with Gasteiger partial charge in [-0.2, -0.15) is 0 Å². The van der Waals surface area contributed by atoms with Gasteiger partial charge in [0.05, 0.1) is 18.8 Å². The standard InChI is InChI=1S/C9H16N2O2/c10-9(12)11-5-6-13-8-4-2-1-3-7(8)11/h7-8H,1-6H2,(H2,10,12). The Bertz CT molecular complexity index is 206. The molecule has 13 heavy (non-hydrogen) atoms. The van der Waals surface area contributed by atoms with E-state index in [1.54, 1.807) is 4.90 Å². The fourth-order valence-electron chi connectivity index (χ4n) is 2.37. The number of nitrogens with two attached hydrogens (primary N) is 1. The van der Waals surface area contributed by atoms with Gasteiger partial charge in [0.2, 0.25) is 0 Å². The lowest BCUT2D eigenvalue weighted by molar-refractivity contribution is -0.0700. The van der Waals surface area contributed by atoms with Gasteiger partial charge in [-0.1, -0.05) is 12.8 Å². The van der Waals surface area contributed by atoms with Crippen molar-refractivity contribution in [3.63, 3.8) is 0 Å². The van der Waals surface area contributed by atoms with Crippen LogP contribution in [0.5, 0.6) is 0 Å². The highest BCUT2D eigenvalue weighted by atomic mass is 16.5. The molecule has 2 rings (SSSR count). The lowest BCUT2D eigenvalue weighted by Crippen LogP contribution is -2.56. The fraction of sp³-hybridized carbons (Fsp3) is 0.889. The first kappa shape index (κ1) is 8.81. The van der Waals surface area contributed by atoms with Gasteiger partial charge in [0.25, 0.3) is 0 Å². The Kier molecular flexibility index (Phi) is 2.40. The summed E-state index contributed by atoms with van der Waals surface area (Å²) < 4.78 is 5.61. The Balaban J connectivity index is 2.06. The van der Waals surface area contributed by atoms with Crippen molar-refractivity contribution >= 4 is 6.03 Å². The first-order valence-electron chi connectivity index (χ1n) is 4.97. The molecule has 2 unspecified atom stereocenters. The highest BCUT2D eigenvalue weighted by Gasteiger charge is 2.35. The maximum atomic E-state index is 11.1. The van der Waals surface area contributed by atoms with Crippen LogP contribution in [0.3, 0.4) is 0 Å². The Hall–Kier alpha value is -0.770. The van der Waals surface area contributed by atoms with Crippen molar-refractivity contribution in [3.05, 3.63) is 0 Å². The summed E-state index contributed by atoms with van der Waals surface area (Å²) in [6, 6.07) is -0.0415. The topological polar surface area (TPSA) is 55.6 Å². The van der Waals surface area contributed by atoms with Crippen LogP contribution in [-0.2, 0) is 4.74 Å². The summed E-state index contributed by atoms with van der Waals surface area (Å²) >= 11 is 0. The summed E-state index contributed by atoms with van der Waals surface area (Å²) in [5, 5.41) is 0. The van der Waals surface area contributed by atoms with E-state index in [1.807, 2.05) is 0 Å². The number of nitrogens with zero attached hydrogens (tertiary/aromatic N) is 1. The highest BCUT2D eigenvalue weighted by Crippen LogP contribution is 2.27. The van der Waals surface area contributed by atoms with Crippen molar-refractivity contribution in [1.82, 2.24) is 4.90 Å². The van der Waals surface area contributed by atoms with Gasteiger partial charge in [0.1, 0.15) is 0 Å². The summed E-state index contributed by atoms with van der Waals surface area (Å²) in [6.07, 6.45) is 4.78. The van der Waals surface area contributed by atoms with E-state index in [1.165, 1.54) is 12.8 Å². The normalized spacial score (nSPS) is 34.0. The zero-order chi connectivity index (χ0) is 9.26. The molecule has 1 saturated heterocycles. The summed E-state index contributed by atoms with van der Waals surface area (Å²) in [6.45, 7) is 1.31. The molecule has 1 heterocycles. The number of rotatable bonds is 0. The molecule has 0 radical (unpaired) electrons. The van der Waals surface area contributed by atoms with Crippen LogP contribution in [0.4, 0.5) is 4.79 Å². The number of primary amides is 1. The number of urea groups is 1. The monoisotopic (exact) mass is 184 g/mol. The molecule has 74 valence electrons. The summed E-state index contributed by atoms with van der Waals surface area (Å²) in [4.78, 5) is 12.9. The molecule has 2 fully saturated rings. The average Bonchev–Trinajstić information content (AvgIpc) is 2.17. The van der Waals surface area contributed by atoms with E-state index in [-0.39, 0.29) is 18.2 Å². The quantitative estimate of drug-likeness (QED) is 0.602. The first-order valence-corrected chi connectivity index (χ1v) is 4.97. The Morgan fingerprint density at radius 3 is 2.92 bits per heavy atom. The second-order valence-corrected chi connectivity index (χ2v) is 3.79. The van der Waals surface area contributed by atoms with Gasteiger partial charge in [-0.15, -0.1) is 0 Å². The van der Waals surface area contributed by atoms with Crippen molar-refractivity contribution in [2.45, 2.75) is 37.8 Å². The van der Waals surface area contributed by atoms with Crippen LogP contribution in [0.2, 0.25) is 0 Å². The maximum absolute atomic E-state index is 11.1. The number of carbonyl (C=O) groups is 1. The first-order chi connectivity index (χ1) is 6.29. The molecular formula is C9H16N2O2. The molecule has 0 aromatic carbocycles. The van der Waals surface area contributed by atoms with E-state index in [0.29, 0.717) is 13.2 Å². The van der Waals surface area contributed by atoms with Crippen LogP contribution < -0.4 is 5.73 Å². The SMILES string of the molecule is NC(=O)N1CCOC2CCCCC21. The molecule has 0 spiro atoms. The highest BCUT2D eigenvalue weighted by molar-refractivity contribution is 5.72. The lowest BCUT2D eigenvalue weighted by atomic mass is 9.90. The van der Waals surface area contributed by atoms with Crippen molar-refractivity contribution in [2.24, 2.45) is 5.73 Å².